The van der Waals surface area contributed by atoms with Crippen LogP contribution in [0.3, 0.4) is 0 Å². The summed E-state index contributed by atoms with van der Waals surface area (Å²) in [5, 5.41) is 3.05. The number of rotatable bonds is 15. The fourth-order valence-corrected chi connectivity index (χ4v) is 7.02. The molecule has 4 aromatic carbocycles. The largest absolute Gasteiger partial charge is 0.497 e. The average molecular weight is 718 g/mol. The van der Waals surface area contributed by atoms with Crippen molar-refractivity contribution >= 4 is 27.5 Å². The Kier molecular flexibility index (Phi) is 12.6. The minimum atomic E-state index is -4.50. The van der Waals surface area contributed by atoms with Gasteiger partial charge in [0, 0.05) is 30.6 Å². The standard InChI is InChI=1S/C39H47N3O8S/c1-27-14-12-13-17-29(27)25-41(33(38(44)40-39(2,3)4)22-28-15-10-9-11-16-28)37(43)26-42(32-23-30(47-5)18-20-34(32)48-6)51(45,46)31-19-21-35(49-7)36(24-31)50-8/h9-21,23-24,33H,22,25-26H2,1-8H3,(H,40,44)/t33-/m1/s1. The molecule has 272 valence electrons. The second-order valence-corrected chi connectivity index (χ2v) is 14.8. The van der Waals surface area contributed by atoms with Crippen LogP contribution in [-0.4, -0.2) is 71.7 Å². The first-order valence-corrected chi connectivity index (χ1v) is 17.8. The summed E-state index contributed by atoms with van der Waals surface area (Å²) in [6.45, 7) is 6.88. The molecule has 0 aliphatic heterocycles. The van der Waals surface area contributed by atoms with E-state index in [2.05, 4.69) is 5.32 Å². The van der Waals surface area contributed by atoms with E-state index >= 15 is 0 Å². The minimum Gasteiger partial charge on any atom is -0.497 e. The third-order valence-corrected chi connectivity index (χ3v) is 10.0. The number of benzene rings is 4. The van der Waals surface area contributed by atoms with Crippen LogP contribution in [0.25, 0.3) is 0 Å². The topological polar surface area (TPSA) is 124 Å². The number of nitrogens with zero attached hydrogens (tertiary/aromatic N) is 2. The highest BCUT2D eigenvalue weighted by molar-refractivity contribution is 7.92. The molecule has 4 rings (SSSR count). The van der Waals surface area contributed by atoms with Crippen LogP contribution in [-0.2, 0) is 32.6 Å². The zero-order chi connectivity index (χ0) is 37.3. The molecule has 12 heteroatoms. The molecule has 0 aromatic heterocycles. The summed E-state index contributed by atoms with van der Waals surface area (Å²) in [6, 6.07) is 24.8. The minimum absolute atomic E-state index is 0.0417. The Labute approximate surface area is 301 Å². The van der Waals surface area contributed by atoms with E-state index in [9.17, 15) is 18.0 Å². The molecule has 0 fully saturated rings. The van der Waals surface area contributed by atoms with Gasteiger partial charge in [0.1, 0.15) is 24.1 Å². The van der Waals surface area contributed by atoms with Gasteiger partial charge in [0.05, 0.1) is 39.0 Å². The number of sulfonamides is 1. The average Bonchev–Trinajstić information content (AvgIpc) is 3.11. The van der Waals surface area contributed by atoms with Gasteiger partial charge in [-0.1, -0.05) is 54.6 Å². The summed E-state index contributed by atoms with van der Waals surface area (Å²) < 4.78 is 52.2. The van der Waals surface area contributed by atoms with E-state index in [0.717, 1.165) is 21.0 Å². The summed E-state index contributed by atoms with van der Waals surface area (Å²) in [7, 11) is 1.21. The van der Waals surface area contributed by atoms with Gasteiger partial charge in [0.2, 0.25) is 11.8 Å². The Balaban J connectivity index is 1.92. The van der Waals surface area contributed by atoms with E-state index in [1.54, 1.807) is 12.1 Å². The predicted octanol–water partition coefficient (Wildman–Crippen LogP) is 5.78. The Morgan fingerprint density at radius 1 is 0.765 bits per heavy atom. The number of carbonyl (C=O) groups excluding carboxylic acids is 2. The molecule has 0 bridgehead atoms. The van der Waals surface area contributed by atoms with Crippen LogP contribution >= 0.6 is 0 Å². The number of nitrogens with one attached hydrogen (secondary N) is 1. The molecule has 2 amide bonds. The number of amides is 2. The molecule has 11 nitrogen and oxygen atoms in total. The number of ether oxygens (including phenoxy) is 4. The Bertz CT molecular complexity index is 1930. The first-order chi connectivity index (χ1) is 24.2. The van der Waals surface area contributed by atoms with Crippen molar-refractivity contribution in [1.82, 2.24) is 10.2 Å². The SMILES string of the molecule is COc1ccc(OC)c(N(CC(=O)N(Cc2ccccc2C)[C@H](Cc2ccccc2)C(=O)NC(C)(C)C)S(=O)(=O)c2ccc(OC)c(OC)c2)c1. The lowest BCUT2D eigenvalue weighted by Crippen LogP contribution is -2.56. The lowest BCUT2D eigenvalue weighted by Gasteiger charge is -2.35. The second-order valence-electron chi connectivity index (χ2n) is 13.0. The normalized spacial score (nSPS) is 12.0. The third kappa shape index (κ3) is 9.52. The lowest BCUT2D eigenvalue weighted by atomic mass is 10.00. The molecule has 4 aromatic rings. The summed E-state index contributed by atoms with van der Waals surface area (Å²) >= 11 is 0. The number of hydrogen-bond acceptors (Lipinski definition) is 8. The van der Waals surface area contributed by atoms with Crippen LogP contribution in [0.1, 0.15) is 37.5 Å². The van der Waals surface area contributed by atoms with Gasteiger partial charge in [0.25, 0.3) is 10.0 Å². The lowest BCUT2D eigenvalue weighted by molar-refractivity contribution is -0.140. The van der Waals surface area contributed by atoms with E-state index in [4.69, 9.17) is 18.9 Å². The fraction of sp³-hybridized carbons (Fsp3) is 0.333. The van der Waals surface area contributed by atoms with Crippen molar-refractivity contribution in [3.05, 3.63) is 108 Å². The highest BCUT2D eigenvalue weighted by atomic mass is 32.2. The van der Waals surface area contributed by atoms with Gasteiger partial charge in [-0.15, -0.1) is 0 Å². The zero-order valence-electron chi connectivity index (χ0n) is 30.4. The fourth-order valence-electron chi connectivity index (χ4n) is 5.59. The molecular formula is C39H47N3O8S. The second kappa shape index (κ2) is 16.7. The van der Waals surface area contributed by atoms with Crippen LogP contribution in [0.15, 0.2) is 95.9 Å². The van der Waals surface area contributed by atoms with Crippen molar-refractivity contribution in [1.29, 1.82) is 0 Å². The van der Waals surface area contributed by atoms with Gasteiger partial charge in [-0.2, -0.15) is 0 Å². The van der Waals surface area contributed by atoms with Crippen LogP contribution in [0, 0.1) is 6.92 Å². The van der Waals surface area contributed by atoms with Crippen LogP contribution in [0.4, 0.5) is 5.69 Å². The number of aryl methyl sites for hydroxylation is 1. The highest BCUT2D eigenvalue weighted by Gasteiger charge is 2.37. The number of carbonyl (C=O) groups is 2. The van der Waals surface area contributed by atoms with Gasteiger partial charge in [0.15, 0.2) is 11.5 Å². The van der Waals surface area contributed by atoms with Gasteiger partial charge in [-0.25, -0.2) is 8.42 Å². The molecule has 0 radical (unpaired) electrons. The third-order valence-electron chi connectivity index (χ3n) is 8.25. The van der Waals surface area contributed by atoms with E-state index in [1.807, 2.05) is 82.3 Å². The first kappa shape index (κ1) is 38.6. The van der Waals surface area contributed by atoms with Crippen LogP contribution in [0.5, 0.6) is 23.0 Å². The maximum absolute atomic E-state index is 14.9. The van der Waals surface area contributed by atoms with E-state index in [1.165, 1.54) is 57.6 Å². The summed E-state index contributed by atoms with van der Waals surface area (Å²) in [6.07, 6.45) is 0.186. The van der Waals surface area contributed by atoms with Gasteiger partial charge < -0.3 is 29.2 Å². The molecule has 51 heavy (non-hydrogen) atoms. The smallest absolute Gasteiger partial charge is 0.265 e. The molecule has 0 aliphatic rings. The molecular weight excluding hydrogens is 671 g/mol. The maximum Gasteiger partial charge on any atom is 0.265 e. The van der Waals surface area contributed by atoms with E-state index in [0.29, 0.717) is 11.5 Å². The number of methoxy groups -OCH3 is 4. The zero-order valence-corrected chi connectivity index (χ0v) is 31.2. The molecule has 0 spiro atoms. The summed E-state index contributed by atoms with van der Waals surface area (Å²) in [5.41, 5.74) is 2.00. The van der Waals surface area contributed by atoms with Gasteiger partial charge in [-0.05, 0) is 68.7 Å². The molecule has 0 unspecified atom stereocenters. The summed E-state index contributed by atoms with van der Waals surface area (Å²) in [5.74, 6) is 0.0543. The number of hydrogen-bond donors (Lipinski definition) is 1. The van der Waals surface area contributed by atoms with E-state index < -0.39 is 34.1 Å². The molecule has 0 saturated heterocycles. The van der Waals surface area contributed by atoms with Crippen LogP contribution in [0.2, 0.25) is 0 Å². The van der Waals surface area contributed by atoms with Crippen molar-refractivity contribution in [2.24, 2.45) is 0 Å². The van der Waals surface area contributed by atoms with E-state index in [-0.39, 0.29) is 41.0 Å². The number of anilines is 1. The Hall–Kier alpha value is -5.23. The van der Waals surface area contributed by atoms with Crippen LogP contribution < -0.4 is 28.6 Å². The highest BCUT2D eigenvalue weighted by Crippen LogP contribution is 2.38. The monoisotopic (exact) mass is 717 g/mol. The van der Waals surface area contributed by atoms with Crippen molar-refractivity contribution in [2.45, 2.75) is 57.1 Å². The molecule has 0 heterocycles. The van der Waals surface area contributed by atoms with Crippen molar-refractivity contribution in [3.8, 4) is 23.0 Å². The van der Waals surface area contributed by atoms with Crippen molar-refractivity contribution in [2.75, 3.05) is 39.3 Å². The van der Waals surface area contributed by atoms with Crippen molar-refractivity contribution in [3.63, 3.8) is 0 Å². The molecule has 0 aliphatic carbocycles. The summed E-state index contributed by atoms with van der Waals surface area (Å²) in [4.78, 5) is 30.4. The molecule has 0 saturated carbocycles. The van der Waals surface area contributed by atoms with Gasteiger partial charge in [-0.3, -0.25) is 13.9 Å². The molecule has 1 atom stereocenters. The Morgan fingerprint density at radius 3 is 2.00 bits per heavy atom. The van der Waals surface area contributed by atoms with Crippen molar-refractivity contribution < 1.29 is 37.0 Å². The molecule has 1 N–H and O–H groups in total. The first-order valence-electron chi connectivity index (χ1n) is 16.4. The Morgan fingerprint density at radius 2 is 1.39 bits per heavy atom. The quantitative estimate of drug-likeness (QED) is 0.164. The predicted molar refractivity (Wildman–Crippen MR) is 197 cm³/mol. The maximum atomic E-state index is 14.9. The van der Waals surface area contributed by atoms with Gasteiger partial charge >= 0.3 is 0 Å².